The molecule has 0 atom stereocenters. The summed E-state index contributed by atoms with van der Waals surface area (Å²) in [6, 6.07) is 5.31. The molecule has 2 rings (SSSR count). The molecule has 0 saturated carbocycles. The molecule has 0 spiro atoms. The first-order chi connectivity index (χ1) is 7.13. The van der Waals surface area contributed by atoms with Gasteiger partial charge in [0, 0.05) is 6.54 Å². The summed E-state index contributed by atoms with van der Waals surface area (Å²) in [5.41, 5.74) is 2.32. The predicted octanol–water partition coefficient (Wildman–Crippen LogP) is 0.662. The van der Waals surface area contributed by atoms with Crippen molar-refractivity contribution in [3.8, 4) is 0 Å². The zero-order valence-corrected chi connectivity index (χ0v) is 10.6. The Morgan fingerprint density at radius 1 is 1.31 bits per heavy atom. The number of halogens is 1. The van der Waals surface area contributed by atoms with E-state index in [0.717, 1.165) is 25.1 Å². The van der Waals surface area contributed by atoms with E-state index >= 15 is 0 Å². The molecule has 0 fully saturated rings. The molecule has 1 heterocycles. The standard InChI is InChI=1S/C10H14N2O2S.ClH/c1-11-15(13,14)10-3-2-8-4-5-12-7-9(8)6-10;/h2-3,6,11-12H,4-5,7H2,1H3;1H. The topological polar surface area (TPSA) is 58.2 Å². The van der Waals surface area contributed by atoms with Gasteiger partial charge in [-0.25, -0.2) is 13.1 Å². The highest BCUT2D eigenvalue weighted by Crippen LogP contribution is 2.18. The first-order valence-corrected chi connectivity index (χ1v) is 6.38. The average Bonchev–Trinajstić information content (AvgIpc) is 2.28. The highest BCUT2D eigenvalue weighted by atomic mass is 35.5. The van der Waals surface area contributed by atoms with Gasteiger partial charge in [0.05, 0.1) is 4.90 Å². The van der Waals surface area contributed by atoms with Crippen LogP contribution in [0.25, 0.3) is 0 Å². The van der Waals surface area contributed by atoms with E-state index in [1.54, 1.807) is 12.1 Å². The van der Waals surface area contributed by atoms with Crippen LogP contribution in [0.15, 0.2) is 23.1 Å². The van der Waals surface area contributed by atoms with E-state index in [-0.39, 0.29) is 12.4 Å². The summed E-state index contributed by atoms with van der Waals surface area (Å²) in [6.07, 6.45) is 0.967. The molecule has 1 aromatic rings. The molecule has 1 aliphatic rings. The molecule has 16 heavy (non-hydrogen) atoms. The summed E-state index contributed by atoms with van der Waals surface area (Å²) in [5, 5.41) is 3.22. The molecular weight excluding hydrogens is 248 g/mol. The smallest absolute Gasteiger partial charge is 0.240 e. The normalized spacial score (nSPS) is 15.1. The average molecular weight is 263 g/mol. The molecule has 0 saturated heterocycles. The van der Waals surface area contributed by atoms with Crippen LogP contribution >= 0.6 is 12.4 Å². The fourth-order valence-electron chi connectivity index (χ4n) is 1.74. The largest absolute Gasteiger partial charge is 0.312 e. The van der Waals surface area contributed by atoms with Crippen LogP contribution in [0, 0.1) is 0 Å². The van der Waals surface area contributed by atoms with Crippen molar-refractivity contribution in [2.75, 3.05) is 13.6 Å². The van der Waals surface area contributed by atoms with E-state index in [4.69, 9.17) is 0 Å². The molecule has 0 aliphatic carbocycles. The monoisotopic (exact) mass is 262 g/mol. The van der Waals surface area contributed by atoms with Crippen LogP contribution < -0.4 is 10.0 Å². The Morgan fingerprint density at radius 2 is 2.06 bits per heavy atom. The van der Waals surface area contributed by atoms with Crippen LogP contribution in [-0.2, 0) is 23.0 Å². The van der Waals surface area contributed by atoms with E-state index in [0.29, 0.717) is 4.90 Å². The second-order valence-electron chi connectivity index (χ2n) is 3.56. The summed E-state index contributed by atoms with van der Waals surface area (Å²) in [6.45, 7) is 1.72. The maximum absolute atomic E-state index is 11.6. The molecule has 4 nitrogen and oxygen atoms in total. The lowest BCUT2D eigenvalue weighted by molar-refractivity contribution is 0.587. The summed E-state index contributed by atoms with van der Waals surface area (Å²) in [5.74, 6) is 0. The fraction of sp³-hybridized carbons (Fsp3) is 0.400. The molecule has 0 amide bonds. The van der Waals surface area contributed by atoms with Crippen molar-refractivity contribution in [2.24, 2.45) is 0 Å². The van der Waals surface area contributed by atoms with E-state index in [9.17, 15) is 8.42 Å². The Bertz CT molecular complexity index is 474. The zero-order valence-electron chi connectivity index (χ0n) is 8.99. The van der Waals surface area contributed by atoms with Gasteiger partial charge in [-0.1, -0.05) is 6.07 Å². The Balaban J connectivity index is 0.00000128. The maximum Gasteiger partial charge on any atom is 0.240 e. The number of benzene rings is 1. The Hall–Kier alpha value is -0.620. The van der Waals surface area contributed by atoms with Gasteiger partial charge in [0.25, 0.3) is 0 Å². The van der Waals surface area contributed by atoms with Crippen LogP contribution in [0.3, 0.4) is 0 Å². The Morgan fingerprint density at radius 3 is 2.75 bits per heavy atom. The molecule has 2 N–H and O–H groups in total. The van der Waals surface area contributed by atoms with Crippen molar-refractivity contribution >= 4 is 22.4 Å². The lowest BCUT2D eigenvalue weighted by atomic mass is 10.0. The number of rotatable bonds is 2. The maximum atomic E-state index is 11.6. The van der Waals surface area contributed by atoms with Crippen molar-refractivity contribution in [3.63, 3.8) is 0 Å². The zero-order chi connectivity index (χ0) is 10.9. The van der Waals surface area contributed by atoms with Gasteiger partial charge in [-0.15, -0.1) is 12.4 Å². The molecule has 1 aromatic carbocycles. The molecule has 1 aliphatic heterocycles. The molecule has 0 radical (unpaired) electrons. The van der Waals surface area contributed by atoms with Gasteiger partial charge in [0.2, 0.25) is 10.0 Å². The number of sulfonamides is 1. The third-order valence-corrected chi connectivity index (χ3v) is 4.06. The first kappa shape index (κ1) is 13.4. The van der Waals surface area contributed by atoms with Gasteiger partial charge in [-0.3, -0.25) is 0 Å². The molecular formula is C10H15ClN2O2S. The van der Waals surface area contributed by atoms with Crippen molar-refractivity contribution in [3.05, 3.63) is 29.3 Å². The van der Waals surface area contributed by atoms with Gasteiger partial charge < -0.3 is 5.32 Å². The lowest BCUT2D eigenvalue weighted by Gasteiger charge is -2.17. The minimum Gasteiger partial charge on any atom is -0.312 e. The summed E-state index contributed by atoms with van der Waals surface area (Å²) < 4.78 is 25.4. The van der Waals surface area contributed by atoms with Crippen LogP contribution in [0.1, 0.15) is 11.1 Å². The Labute approximate surface area is 102 Å². The highest BCUT2D eigenvalue weighted by Gasteiger charge is 2.15. The van der Waals surface area contributed by atoms with Crippen molar-refractivity contribution in [2.45, 2.75) is 17.9 Å². The van der Waals surface area contributed by atoms with Crippen LogP contribution in [0.4, 0.5) is 0 Å². The number of nitrogens with one attached hydrogen (secondary N) is 2. The fourth-order valence-corrected chi connectivity index (χ4v) is 2.52. The first-order valence-electron chi connectivity index (χ1n) is 4.89. The van der Waals surface area contributed by atoms with E-state index in [1.165, 1.54) is 12.6 Å². The van der Waals surface area contributed by atoms with Crippen LogP contribution in [0.5, 0.6) is 0 Å². The van der Waals surface area contributed by atoms with Crippen molar-refractivity contribution in [1.29, 1.82) is 0 Å². The summed E-state index contributed by atoms with van der Waals surface area (Å²) >= 11 is 0. The number of fused-ring (bicyclic) bond motifs is 1. The molecule has 90 valence electrons. The summed E-state index contributed by atoms with van der Waals surface area (Å²) in [4.78, 5) is 0.340. The predicted molar refractivity (Wildman–Crippen MR) is 65.3 cm³/mol. The minimum atomic E-state index is -3.31. The number of hydrogen-bond donors (Lipinski definition) is 2. The summed E-state index contributed by atoms with van der Waals surface area (Å²) in [7, 11) is -1.89. The van der Waals surface area contributed by atoms with E-state index < -0.39 is 10.0 Å². The lowest BCUT2D eigenvalue weighted by Crippen LogP contribution is -2.25. The highest BCUT2D eigenvalue weighted by molar-refractivity contribution is 7.89. The van der Waals surface area contributed by atoms with E-state index in [2.05, 4.69) is 10.0 Å². The Kier molecular flexibility index (Phi) is 4.32. The molecule has 0 unspecified atom stereocenters. The number of hydrogen-bond acceptors (Lipinski definition) is 3. The van der Waals surface area contributed by atoms with Crippen LogP contribution in [0.2, 0.25) is 0 Å². The molecule has 0 aromatic heterocycles. The third kappa shape index (κ3) is 2.55. The minimum absolute atomic E-state index is 0. The molecule has 6 heteroatoms. The van der Waals surface area contributed by atoms with Crippen molar-refractivity contribution < 1.29 is 8.42 Å². The van der Waals surface area contributed by atoms with Gasteiger partial charge in [-0.2, -0.15) is 0 Å². The SMILES string of the molecule is CNS(=O)(=O)c1ccc2c(c1)CNCC2.Cl. The van der Waals surface area contributed by atoms with Gasteiger partial charge in [0.1, 0.15) is 0 Å². The third-order valence-electron chi connectivity index (χ3n) is 2.64. The van der Waals surface area contributed by atoms with E-state index in [1.807, 2.05) is 6.07 Å². The van der Waals surface area contributed by atoms with Crippen molar-refractivity contribution in [1.82, 2.24) is 10.0 Å². The second-order valence-corrected chi connectivity index (χ2v) is 5.45. The van der Waals surface area contributed by atoms with Gasteiger partial charge in [-0.05, 0) is 43.3 Å². The van der Waals surface area contributed by atoms with Gasteiger partial charge in [0.15, 0.2) is 0 Å². The molecule has 0 bridgehead atoms. The quantitative estimate of drug-likeness (QED) is 0.823. The van der Waals surface area contributed by atoms with Crippen LogP contribution in [-0.4, -0.2) is 22.0 Å². The van der Waals surface area contributed by atoms with Gasteiger partial charge >= 0.3 is 0 Å². The second kappa shape index (κ2) is 5.14.